The van der Waals surface area contributed by atoms with E-state index in [4.69, 9.17) is 0 Å². The molecule has 4 heteroatoms. The smallest absolute Gasteiger partial charge is 0.242 e. The lowest BCUT2D eigenvalue weighted by Gasteiger charge is -2.29. The van der Waals surface area contributed by atoms with E-state index in [9.17, 15) is 9.59 Å². The van der Waals surface area contributed by atoms with E-state index in [1.165, 1.54) is 0 Å². The highest BCUT2D eigenvalue weighted by Crippen LogP contribution is 2.16. The quantitative estimate of drug-likeness (QED) is 0.773. The molecule has 0 saturated heterocycles. The standard InChI is InChI=1S/C23H30N2O2/c1-5-14-24-23(27)19(4)25(16-21-13-9-7-11-18(21)3)22(26)15-20-12-8-6-10-17(20)2/h6-13,19H,5,14-16H2,1-4H3,(H,24,27)/t19-/m0/s1. The average molecular weight is 367 g/mol. The van der Waals surface area contributed by atoms with E-state index < -0.39 is 6.04 Å². The second kappa shape index (κ2) is 9.91. The van der Waals surface area contributed by atoms with Crippen molar-refractivity contribution in [3.05, 3.63) is 70.8 Å². The Hall–Kier alpha value is -2.62. The zero-order chi connectivity index (χ0) is 19.8. The molecular formula is C23H30N2O2. The van der Waals surface area contributed by atoms with Crippen molar-refractivity contribution in [2.45, 2.75) is 53.1 Å². The van der Waals surface area contributed by atoms with E-state index in [1.807, 2.05) is 69.3 Å². The lowest BCUT2D eigenvalue weighted by molar-refractivity contribution is -0.140. The second-order valence-electron chi connectivity index (χ2n) is 7.02. The van der Waals surface area contributed by atoms with Crippen LogP contribution in [0, 0.1) is 13.8 Å². The van der Waals surface area contributed by atoms with Gasteiger partial charge in [0, 0.05) is 13.1 Å². The number of aryl methyl sites for hydroxylation is 2. The van der Waals surface area contributed by atoms with E-state index >= 15 is 0 Å². The van der Waals surface area contributed by atoms with Gasteiger partial charge in [0.15, 0.2) is 0 Å². The molecule has 2 aromatic carbocycles. The first-order chi connectivity index (χ1) is 12.9. The molecule has 1 atom stereocenters. The summed E-state index contributed by atoms with van der Waals surface area (Å²) in [5.74, 6) is -0.143. The summed E-state index contributed by atoms with van der Waals surface area (Å²) in [4.78, 5) is 27.4. The van der Waals surface area contributed by atoms with Crippen LogP contribution in [-0.4, -0.2) is 29.3 Å². The zero-order valence-corrected chi connectivity index (χ0v) is 16.8. The van der Waals surface area contributed by atoms with Gasteiger partial charge in [-0.05, 0) is 49.4 Å². The number of nitrogens with one attached hydrogen (secondary N) is 1. The molecule has 2 amide bonds. The molecule has 2 rings (SSSR count). The fraction of sp³-hybridized carbons (Fsp3) is 0.391. The monoisotopic (exact) mass is 366 g/mol. The van der Waals surface area contributed by atoms with E-state index in [0.29, 0.717) is 19.5 Å². The topological polar surface area (TPSA) is 49.4 Å². The zero-order valence-electron chi connectivity index (χ0n) is 16.8. The molecule has 0 aliphatic carbocycles. The third-order valence-corrected chi connectivity index (χ3v) is 4.92. The molecule has 0 spiro atoms. The molecule has 0 saturated carbocycles. The predicted molar refractivity (Wildman–Crippen MR) is 109 cm³/mol. The summed E-state index contributed by atoms with van der Waals surface area (Å²) in [7, 11) is 0. The van der Waals surface area contributed by atoms with Gasteiger partial charge >= 0.3 is 0 Å². The van der Waals surface area contributed by atoms with Crippen LogP contribution < -0.4 is 5.32 Å². The first-order valence-electron chi connectivity index (χ1n) is 9.60. The molecule has 0 bridgehead atoms. The fourth-order valence-corrected chi connectivity index (χ4v) is 3.02. The first kappa shape index (κ1) is 20.7. The molecule has 0 aromatic heterocycles. The van der Waals surface area contributed by atoms with Crippen molar-refractivity contribution in [2.75, 3.05) is 6.54 Å². The summed E-state index contributed by atoms with van der Waals surface area (Å²) in [5.41, 5.74) is 4.27. The van der Waals surface area contributed by atoms with Crippen molar-refractivity contribution in [1.82, 2.24) is 10.2 Å². The van der Waals surface area contributed by atoms with Crippen molar-refractivity contribution >= 4 is 11.8 Å². The van der Waals surface area contributed by atoms with Crippen LogP contribution in [0.2, 0.25) is 0 Å². The number of amides is 2. The first-order valence-corrected chi connectivity index (χ1v) is 9.60. The molecule has 27 heavy (non-hydrogen) atoms. The predicted octanol–water partition coefficient (Wildman–Crippen LogP) is 3.79. The van der Waals surface area contributed by atoms with Crippen molar-refractivity contribution in [3.63, 3.8) is 0 Å². The molecule has 144 valence electrons. The minimum absolute atomic E-state index is 0.0355. The van der Waals surface area contributed by atoms with Gasteiger partial charge < -0.3 is 10.2 Å². The van der Waals surface area contributed by atoms with Gasteiger partial charge in [0.2, 0.25) is 11.8 Å². The molecule has 1 N–H and O–H groups in total. The van der Waals surface area contributed by atoms with E-state index in [-0.39, 0.29) is 11.8 Å². The molecule has 2 aromatic rings. The normalized spacial score (nSPS) is 11.7. The van der Waals surface area contributed by atoms with Gasteiger partial charge in [-0.15, -0.1) is 0 Å². The third kappa shape index (κ3) is 5.68. The third-order valence-electron chi connectivity index (χ3n) is 4.92. The Bertz CT molecular complexity index is 785. The molecule has 0 radical (unpaired) electrons. The number of hydrogen-bond donors (Lipinski definition) is 1. The maximum atomic E-state index is 13.1. The van der Waals surface area contributed by atoms with Crippen LogP contribution >= 0.6 is 0 Å². The molecular weight excluding hydrogens is 336 g/mol. The van der Waals surface area contributed by atoms with Crippen molar-refractivity contribution in [2.24, 2.45) is 0 Å². The minimum atomic E-state index is -0.521. The summed E-state index contributed by atoms with van der Waals surface area (Å²) in [5, 5.41) is 2.91. The van der Waals surface area contributed by atoms with Crippen LogP contribution in [-0.2, 0) is 22.6 Å². The Morgan fingerprint density at radius 2 is 1.52 bits per heavy atom. The summed E-state index contributed by atoms with van der Waals surface area (Å²) < 4.78 is 0. The lowest BCUT2D eigenvalue weighted by Crippen LogP contribution is -2.48. The van der Waals surface area contributed by atoms with Gasteiger partial charge in [0.1, 0.15) is 6.04 Å². The largest absolute Gasteiger partial charge is 0.354 e. The number of benzene rings is 2. The maximum Gasteiger partial charge on any atom is 0.242 e. The number of rotatable bonds is 8. The van der Waals surface area contributed by atoms with Gasteiger partial charge in [0.05, 0.1) is 6.42 Å². The van der Waals surface area contributed by atoms with Gasteiger partial charge in [-0.2, -0.15) is 0 Å². The van der Waals surface area contributed by atoms with E-state index in [0.717, 1.165) is 28.7 Å². The van der Waals surface area contributed by atoms with Crippen LogP contribution in [0.1, 0.15) is 42.5 Å². The average Bonchev–Trinajstić information content (AvgIpc) is 2.66. The Labute approximate surface area is 162 Å². The van der Waals surface area contributed by atoms with Crippen molar-refractivity contribution in [1.29, 1.82) is 0 Å². The minimum Gasteiger partial charge on any atom is -0.354 e. The van der Waals surface area contributed by atoms with Crippen molar-refractivity contribution < 1.29 is 9.59 Å². The molecule has 0 heterocycles. The van der Waals surface area contributed by atoms with Crippen molar-refractivity contribution in [3.8, 4) is 0 Å². The molecule has 0 unspecified atom stereocenters. The Balaban J connectivity index is 2.25. The Morgan fingerprint density at radius 1 is 0.963 bits per heavy atom. The SMILES string of the molecule is CCCNC(=O)[C@H](C)N(Cc1ccccc1C)C(=O)Cc1ccccc1C. The highest BCUT2D eigenvalue weighted by atomic mass is 16.2. The summed E-state index contributed by atoms with van der Waals surface area (Å²) in [6.07, 6.45) is 1.16. The number of carbonyl (C=O) groups excluding carboxylic acids is 2. The van der Waals surface area contributed by atoms with Crippen LogP contribution in [0.5, 0.6) is 0 Å². The lowest BCUT2D eigenvalue weighted by atomic mass is 10.0. The number of carbonyl (C=O) groups is 2. The second-order valence-corrected chi connectivity index (χ2v) is 7.02. The maximum absolute atomic E-state index is 13.1. The van der Waals surface area contributed by atoms with Crippen LogP contribution in [0.4, 0.5) is 0 Å². The number of nitrogens with zero attached hydrogens (tertiary/aromatic N) is 1. The van der Waals surface area contributed by atoms with Gasteiger partial charge in [0.25, 0.3) is 0 Å². The Morgan fingerprint density at radius 3 is 2.07 bits per heavy atom. The highest BCUT2D eigenvalue weighted by Gasteiger charge is 2.26. The van der Waals surface area contributed by atoms with Crippen LogP contribution in [0.3, 0.4) is 0 Å². The van der Waals surface area contributed by atoms with Crippen LogP contribution in [0.15, 0.2) is 48.5 Å². The molecule has 0 fully saturated rings. The molecule has 0 aliphatic heterocycles. The fourth-order valence-electron chi connectivity index (χ4n) is 3.02. The van der Waals surface area contributed by atoms with E-state index in [2.05, 4.69) is 5.32 Å². The van der Waals surface area contributed by atoms with Gasteiger partial charge in [-0.25, -0.2) is 0 Å². The molecule has 0 aliphatic rings. The summed E-state index contributed by atoms with van der Waals surface area (Å²) >= 11 is 0. The summed E-state index contributed by atoms with van der Waals surface area (Å²) in [6.45, 7) is 8.90. The number of hydrogen-bond acceptors (Lipinski definition) is 2. The highest BCUT2D eigenvalue weighted by molar-refractivity contribution is 5.88. The molecule has 4 nitrogen and oxygen atoms in total. The van der Waals surface area contributed by atoms with Gasteiger partial charge in [-0.3, -0.25) is 9.59 Å². The summed E-state index contributed by atoms with van der Waals surface area (Å²) in [6, 6.07) is 15.4. The van der Waals surface area contributed by atoms with Gasteiger partial charge in [-0.1, -0.05) is 55.5 Å². The Kier molecular flexibility index (Phi) is 7.59. The van der Waals surface area contributed by atoms with E-state index in [1.54, 1.807) is 11.8 Å². The van der Waals surface area contributed by atoms with Crippen LogP contribution in [0.25, 0.3) is 0 Å².